The number of fused-ring (bicyclic) bond motifs is 4. The van der Waals surface area contributed by atoms with Gasteiger partial charge in [-0.15, -0.1) is 0 Å². The fraction of sp³-hybridized carbons (Fsp3) is 0. The highest BCUT2D eigenvalue weighted by Gasteiger charge is 2.20. The molecule has 0 radical (unpaired) electrons. The van der Waals surface area contributed by atoms with Gasteiger partial charge in [0.05, 0.1) is 16.7 Å². The third-order valence-corrected chi connectivity index (χ3v) is 11.8. The van der Waals surface area contributed by atoms with Crippen molar-refractivity contribution in [2.75, 3.05) is 4.90 Å². The zero-order valence-electron chi connectivity index (χ0n) is 33.0. The van der Waals surface area contributed by atoms with Crippen LogP contribution in [-0.4, -0.2) is 4.57 Å². The van der Waals surface area contributed by atoms with Crippen molar-refractivity contribution < 1.29 is 0 Å². The molecule has 11 aromatic rings. The second kappa shape index (κ2) is 15.1. The first-order valence-corrected chi connectivity index (χ1v) is 20.6. The Bertz CT molecular complexity index is 3260. The zero-order valence-corrected chi connectivity index (χ0v) is 33.0. The quantitative estimate of drug-likeness (QED) is 0.150. The van der Waals surface area contributed by atoms with Crippen molar-refractivity contribution in [3.8, 4) is 50.2 Å². The predicted molar refractivity (Wildman–Crippen MR) is 255 cm³/mol. The van der Waals surface area contributed by atoms with Crippen LogP contribution in [0.1, 0.15) is 0 Å². The number of anilines is 3. The lowest BCUT2D eigenvalue weighted by Crippen LogP contribution is -2.11. The summed E-state index contributed by atoms with van der Waals surface area (Å²) in [6.07, 6.45) is 0. The molecule has 60 heavy (non-hydrogen) atoms. The molecule has 282 valence electrons. The summed E-state index contributed by atoms with van der Waals surface area (Å²) in [5, 5.41) is 4.91. The summed E-state index contributed by atoms with van der Waals surface area (Å²) in [5.74, 6) is 0. The van der Waals surface area contributed by atoms with Gasteiger partial charge >= 0.3 is 0 Å². The van der Waals surface area contributed by atoms with Crippen molar-refractivity contribution in [1.82, 2.24) is 4.57 Å². The molecule has 0 spiro atoms. The molecule has 0 saturated heterocycles. The molecule has 0 atom stereocenters. The van der Waals surface area contributed by atoms with E-state index in [1.54, 1.807) is 0 Å². The maximum absolute atomic E-state index is 2.41. The number of benzene rings is 10. The van der Waals surface area contributed by atoms with E-state index in [1.807, 2.05) is 0 Å². The molecule has 2 nitrogen and oxygen atoms in total. The van der Waals surface area contributed by atoms with Crippen LogP contribution in [0.2, 0.25) is 0 Å². The number of para-hydroxylation sites is 2. The maximum Gasteiger partial charge on any atom is 0.0541 e. The molecule has 0 aliphatic heterocycles. The van der Waals surface area contributed by atoms with E-state index in [0.29, 0.717) is 0 Å². The Balaban J connectivity index is 1.04. The van der Waals surface area contributed by atoms with Crippen LogP contribution >= 0.6 is 0 Å². The van der Waals surface area contributed by atoms with Gasteiger partial charge in [0, 0.05) is 33.2 Å². The second-order valence-corrected chi connectivity index (χ2v) is 15.3. The third kappa shape index (κ3) is 6.14. The molecule has 11 rings (SSSR count). The molecule has 0 aliphatic carbocycles. The first-order chi connectivity index (χ1) is 29.8. The zero-order chi connectivity index (χ0) is 39.8. The highest BCUT2D eigenvalue weighted by molar-refractivity contribution is 6.09. The highest BCUT2D eigenvalue weighted by atomic mass is 15.1. The summed E-state index contributed by atoms with van der Waals surface area (Å²) in [6, 6.07) is 87.8. The van der Waals surface area contributed by atoms with Crippen LogP contribution in [0.25, 0.3) is 82.8 Å². The lowest BCUT2D eigenvalue weighted by Gasteiger charge is -2.28. The van der Waals surface area contributed by atoms with Crippen molar-refractivity contribution in [2.45, 2.75) is 0 Å². The number of aromatic nitrogens is 1. The molecule has 0 bridgehead atoms. The van der Waals surface area contributed by atoms with Crippen LogP contribution in [0.4, 0.5) is 17.1 Å². The number of hydrogen-bond donors (Lipinski definition) is 0. The van der Waals surface area contributed by atoms with Gasteiger partial charge in [-0.05, 0) is 98.4 Å². The number of hydrogen-bond acceptors (Lipinski definition) is 1. The van der Waals surface area contributed by atoms with Gasteiger partial charge in [-0.25, -0.2) is 0 Å². The molecule has 0 fully saturated rings. The molecule has 0 aliphatic rings. The summed E-state index contributed by atoms with van der Waals surface area (Å²) in [5.41, 5.74) is 16.5. The summed E-state index contributed by atoms with van der Waals surface area (Å²) >= 11 is 0. The molecule has 1 aromatic heterocycles. The van der Waals surface area contributed by atoms with E-state index in [2.05, 4.69) is 252 Å². The molecule has 0 saturated carbocycles. The van der Waals surface area contributed by atoms with E-state index in [9.17, 15) is 0 Å². The van der Waals surface area contributed by atoms with E-state index in [4.69, 9.17) is 0 Å². The topological polar surface area (TPSA) is 8.17 Å². The van der Waals surface area contributed by atoms with E-state index in [1.165, 1.54) is 71.5 Å². The van der Waals surface area contributed by atoms with Crippen LogP contribution in [0.5, 0.6) is 0 Å². The van der Waals surface area contributed by atoms with Crippen molar-refractivity contribution in [3.63, 3.8) is 0 Å². The van der Waals surface area contributed by atoms with E-state index >= 15 is 0 Å². The largest absolute Gasteiger partial charge is 0.310 e. The predicted octanol–water partition coefficient (Wildman–Crippen LogP) is 16.1. The van der Waals surface area contributed by atoms with Crippen molar-refractivity contribution in [1.29, 1.82) is 0 Å². The van der Waals surface area contributed by atoms with Crippen LogP contribution < -0.4 is 4.90 Å². The molecule has 1 heterocycles. The molecular formula is C58H40N2. The van der Waals surface area contributed by atoms with Crippen LogP contribution in [0.15, 0.2) is 243 Å². The summed E-state index contributed by atoms with van der Waals surface area (Å²) in [4.78, 5) is 2.41. The smallest absolute Gasteiger partial charge is 0.0541 e. The molecular weight excluding hydrogens is 725 g/mol. The van der Waals surface area contributed by atoms with Gasteiger partial charge in [0.15, 0.2) is 0 Å². The third-order valence-electron chi connectivity index (χ3n) is 11.8. The maximum atomic E-state index is 2.41. The van der Waals surface area contributed by atoms with E-state index < -0.39 is 0 Å². The molecule has 10 aromatic carbocycles. The van der Waals surface area contributed by atoms with Gasteiger partial charge in [0.25, 0.3) is 0 Å². The van der Waals surface area contributed by atoms with Crippen molar-refractivity contribution in [2.24, 2.45) is 0 Å². The average molecular weight is 765 g/mol. The van der Waals surface area contributed by atoms with E-state index in [-0.39, 0.29) is 0 Å². The van der Waals surface area contributed by atoms with Crippen molar-refractivity contribution >= 4 is 49.6 Å². The van der Waals surface area contributed by atoms with Crippen LogP contribution in [-0.2, 0) is 0 Å². The van der Waals surface area contributed by atoms with Crippen molar-refractivity contribution in [3.05, 3.63) is 243 Å². The van der Waals surface area contributed by atoms with Gasteiger partial charge < -0.3 is 9.47 Å². The fourth-order valence-corrected chi connectivity index (χ4v) is 9.10. The monoisotopic (exact) mass is 764 g/mol. The lowest BCUT2D eigenvalue weighted by atomic mass is 9.87. The molecule has 2 heteroatoms. The summed E-state index contributed by atoms with van der Waals surface area (Å²) < 4.78 is 2.39. The average Bonchev–Trinajstić information content (AvgIpc) is 3.67. The Morgan fingerprint density at radius 1 is 0.283 bits per heavy atom. The Morgan fingerprint density at radius 3 is 1.35 bits per heavy atom. The highest BCUT2D eigenvalue weighted by Crippen LogP contribution is 2.44. The molecule has 0 amide bonds. The van der Waals surface area contributed by atoms with E-state index in [0.717, 1.165) is 28.3 Å². The summed E-state index contributed by atoms with van der Waals surface area (Å²) in [6.45, 7) is 0. The molecule has 0 unspecified atom stereocenters. The standard InChI is InChI=1S/C58H40N2/c1-2-18-41(19-3-1)47-24-6-8-27-50(47)52-29-10-11-30-53(52)51-28-9-7-25-48(51)43-36-38-44(39-37-43)59(56-35-16-21-42-20-4-5-26-49(42)56)45-22-17-23-46(40-45)60-57-33-14-12-31-54(57)55-32-13-15-34-58(55)60/h1-40H. The van der Waals surface area contributed by atoms with Crippen LogP contribution in [0.3, 0.4) is 0 Å². The summed E-state index contributed by atoms with van der Waals surface area (Å²) in [7, 11) is 0. The Labute approximate surface area is 350 Å². The number of nitrogens with zero attached hydrogens (tertiary/aromatic N) is 2. The van der Waals surface area contributed by atoms with Gasteiger partial charge in [0.2, 0.25) is 0 Å². The Kier molecular flexibility index (Phi) is 8.87. The Morgan fingerprint density at radius 2 is 0.733 bits per heavy atom. The van der Waals surface area contributed by atoms with Gasteiger partial charge in [-0.3, -0.25) is 0 Å². The SMILES string of the molecule is c1ccc(-c2ccccc2-c2ccccc2-c2ccccc2-c2ccc(N(c3cccc(-n4c5ccccc5c5ccccc54)c3)c3cccc4ccccc34)cc2)cc1. The lowest BCUT2D eigenvalue weighted by molar-refractivity contribution is 1.17. The minimum atomic E-state index is 1.09. The normalized spacial score (nSPS) is 11.3. The second-order valence-electron chi connectivity index (χ2n) is 15.3. The van der Waals surface area contributed by atoms with Gasteiger partial charge in [-0.2, -0.15) is 0 Å². The van der Waals surface area contributed by atoms with Gasteiger partial charge in [-0.1, -0.05) is 194 Å². The number of rotatable bonds is 8. The van der Waals surface area contributed by atoms with Crippen LogP contribution in [0, 0.1) is 0 Å². The minimum absolute atomic E-state index is 1.09. The van der Waals surface area contributed by atoms with Gasteiger partial charge in [0.1, 0.15) is 0 Å². The Hall–Kier alpha value is -7.94. The first-order valence-electron chi connectivity index (χ1n) is 20.6. The first kappa shape index (κ1) is 35.2. The minimum Gasteiger partial charge on any atom is -0.310 e. The molecule has 0 N–H and O–H groups in total. The fourth-order valence-electron chi connectivity index (χ4n) is 9.10.